The standard InChI is InChI=1S/C78H88BN3O/c1-16-57(75(2,3)4)51-71-74(56-33-26-32-55(48-56)64-36-27-37-72(83-15)73(64)54-30-22-18-23-31-54)79(67-50-60(78(11,12)13)41-47-70(67)82(71)62-42-38-58(39-43-62)76(5,6)7)66-45-44-63(52-68(66)80-14)81(61-34-24-19-25-35-61)69-46-40-59(77(8,9)10)49-65(69)53-28-20-17-21-29-53/h17-34,36-40,42-46,48-52,61,80H,16,35,41,47H2,1-15H3/b57-51+. The zero-order valence-electron chi connectivity index (χ0n) is 52.3. The Kier molecular flexibility index (Phi) is 16.5. The Morgan fingerprint density at radius 2 is 1.29 bits per heavy atom. The maximum atomic E-state index is 6.19. The highest BCUT2D eigenvalue weighted by molar-refractivity contribution is 6.97. The van der Waals surface area contributed by atoms with E-state index in [1.54, 1.807) is 7.11 Å². The molecule has 0 bridgehead atoms. The maximum absolute atomic E-state index is 6.19. The van der Waals surface area contributed by atoms with Crippen LogP contribution in [-0.4, -0.2) is 26.9 Å². The second kappa shape index (κ2) is 23.5. The van der Waals surface area contributed by atoms with Crippen molar-refractivity contribution < 1.29 is 4.74 Å². The number of nitrogens with one attached hydrogen (secondary N) is 1. The third-order valence-corrected chi connectivity index (χ3v) is 17.5. The van der Waals surface area contributed by atoms with Crippen LogP contribution in [-0.2, 0) is 10.8 Å². The van der Waals surface area contributed by atoms with Crippen molar-refractivity contribution in [3.63, 3.8) is 0 Å². The number of allylic oxidation sites excluding steroid dienone is 8. The number of hydrogen-bond acceptors (Lipinski definition) is 4. The van der Waals surface area contributed by atoms with E-state index in [1.807, 2.05) is 0 Å². The molecule has 3 aliphatic rings. The molecule has 5 heteroatoms. The number of rotatable bonds is 13. The van der Waals surface area contributed by atoms with Crippen molar-refractivity contribution >= 4 is 40.4 Å². The fraction of sp³-hybridized carbons (Fsp3) is 0.308. The molecule has 0 amide bonds. The second-order valence-electron chi connectivity index (χ2n) is 27.1. The van der Waals surface area contributed by atoms with Crippen LogP contribution in [0.15, 0.2) is 228 Å². The van der Waals surface area contributed by atoms with Crippen LogP contribution in [0.3, 0.4) is 0 Å². The molecule has 10 rings (SSSR count). The van der Waals surface area contributed by atoms with Crippen LogP contribution >= 0.6 is 0 Å². The minimum absolute atomic E-state index is 0.00388. The molecule has 0 saturated heterocycles. The number of methoxy groups -OCH3 is 1. The third-order valence-electron chi connectivity index (χ3n) is 17.5. The monoisotopic (exact) mass is 1090 g/mol. The molecular formula is C78H88BN3O. The zero-order valence-corrected chi connectivity index (χ0v) is 52.3. The molecule has 4 nitrogen and oxygen atoms in total. The van der Waals surface area contributed by atoms with Crippen LogP contribution in [0.2, 0.25) is 0 Å². The number of ether oxygens (including phenoxy) is 1. The van der Waals surface area contributed by atoms with Gasteiger partial charge in [0.2, 0.25) is 6.71 Å². The molecule has 1 atom stereocenters. The van der Waals surface area contributed by atoms with Crippen LogP contribution in [0, 0.1) is 10.8 Å². The Morgan fingerprint density at radius 1 is 0.639 bits per heavy atom. The van der Waals surface area contributed by atoms with E-state index in [0.29, 0.717) is 0 Å². The summed E-state index contributed by atoms with van der Waals surface area (Å²) in [5.74, 6) is 0.852. The highest BCUT2D eigenvalue weighted by Gasteiger charge is 2.42. The molecule has 0 radical (unpaired) electrons. The van der Waals surface area contributed by atoms with E-state index in [0.717, 1.165) is 65.1 Å². The molecule has 0 saturated carbocycles. The molecule has 7 aromatic carbocycles. The lowest BCUT2D eigenvalue weighted by molar-refractivity contribution is 0.416. The van der Waals surface area contributed by atoms with Gasteiger partial charge in [0.15, 0.2) is 0 Å². The summed E-state index contributed by atoms with van der Waals surface area (Å²) in [6.45, 7) is 30.4. The van der Waals surface area contributed by atoms with Gasteiger partial charge in [-0.1, -0.05) is 247 Å². The van der Waals surface area contributed by atoms with Crippen molar-refractivity contribution in [1.82, 2.24) is 0 Å². The number of benzene rings is 7. The van der Waals surface area contributed by atoms with Crippen LogP contribution in [0.1, 0.15) is 132 Å². The van der Waals surface area contributed by atoms with E-state index in [9.17, 15) is 0 Å². The van der Waals surface area contributed by atoms with Gasteiger partial charge in [-0.05, 0) is 157 Å². The summed E-state index contributed by atoms with van der Waals surface area (Å²) < 4.78 is 6.19. The molecule has 1 aliphatic heterocycles. The SMILES string of the molecule is CC/C(=C\C1=C(c2cccc(-c3cccc(OC)c3-c3ccccc3)c2)B(c2ccc(N(c3ccc(C(C)(C)C)cc3-c3ccccc3)C3C=CC=CC3)cc2NC)C2=C(CCC(C(C)(C)C)=C2)N1c1ccc(C(C)(C)C)cc1)C(C)(C)C. The third kappa shape index (κ3) is 12.1. The van der Waals surface area contributed by atoms with Crippen molar-refractivity contribution in [3.05, 3.63) is 245 Å². The minimum atomic E-state index is -0.167. The highest BCUT2D eigenvalue weighted by atomic mass is 16.5. The molecule has 0 fully saturated rings. The first-order chi connectivity index (χ1) is 39.6. The van der Waals surface area contributed by atoms with Crippen LogP contribution in [0.25, 0.3) is 38.9 Å². The molecule has 1 N–H and O–H groups in total. The highest BCUT2D eigenvalue weighted by Crippen LogP contribution is 2.50. The van der Waals surface area contributed by atoms with E-state index < -0.39 is 0 Å². The molecule has 2 aliphatic carbocycles. The van der Waals surface area contributed by atoms with E-state index in [1.165, 1.54) is 78.1 Å². The molecule has 1 heterocycles. The first-order valence-corrected chi connectivity index (χ1v) is 30.4. The summed E-state index contributed by atoms with van der Waals surface area (Å²) in [6.07, 6.45) is 18.0. The van der Waals surface area contributed by atoms with Gasteiger partial charge < -0.3 is 19.9 Å². The normalized spacial score (nSPS) is 16.1. The summed E-state index contributed by atoms with van der Waals surface area (Å²) in [6, 6.07) is 61.6. The van der Waals surface area contributed by atoms with E-state index >= 15 is 0 Å². The van der Waals surface area contributed by atoms with Crippen molar-refractivity contribution in [2.75, 3.05) is 29.3 Å². The summed E-state index contributed by atoms with van der Waals surface area (Å²) in [7, 11) is 3.91. The lowest BCUT2D eigenvalue weighted by Gasteiger charge is -2.44. The molecule has 424 valence electrons. The van der Waals surface area contributed by atoms with Crippen molar-refractivity contribution in [1.29, 1.82) is 0 Å². The Balaban J connectivity index is 1.30. The van der Waals surface area contributed by atoms with Crippen molar-refractivity contribution in [2.45, 2.75) is 133 Å². The summed E-state index contributed by atoms with van der Waals surface area (Å²) in [5, 5.41) is 3.89. The second-order valence-corrected chi connectivity index (χ2v) is 27.1. The molecule has 1 unspecified atom stereocenters. The predicted octanol–water partition coefficient (Wildman–Crippen LogP) is 20.5. The smallest absolute Gasteiger partial charge is 0.249 e. The van der Waals surface area contributed by atoms with Gasteiger partial charge >= 0.3 is 0 Å². The van der Waals surface area contributed by atoms with Gasteiger partial charge in [0, 0.05) is 52.3 Å². The number of hydrogen-bond donors (Lipinski definition) is 1. The number of anilines is 4. The quantitative estimate of drug-likeness (QED) is 0.117. The lowest BCUT2D eigenvalue weighted by atomic mass is 9.32. The van der Waals surface area contributed by atoms with Crippen molar-refractivity contribution in [3.8, 4) is 39.1 Å². The molecule has 83 heavy (non-hydrogen) atoms. The minimum Gasteiger partial charge on any atom is -0.496 e. The fourth-order valence-electron chi connectivity index (χ4n) is 12.8. The van der Waals surface area contributed by atoms with Gasteiger partial charge in [0.1, 0.15) is 5.75 Å². The van der Waals surface area contributed by atoms with E-state index in [4.69, 9.17) is 4.74 Å². The summed E-state index contributed by atoms with van der Waals surface area (Å²) in [5.41, 5.74) is 24.5. The lowest BCUT2D eigenvalue weighted by Crippen LogP contribution is -2.45. The Morgan fingerprint density at radius 3 is 1.90 bits per heavy atom. The fourth-order valence-corrected chi connectivity index (χ4v) is 12.8. The Labute approximate surface area is 499 Å². The van der Waals surface area contributed by atoms with E-state index in [2.05, 4.69) is 312 Å². The predicted molar refractivity (Wildman–Crippen MR) is 361 cm³/mol. The largest absolute Gasteiger partial charge is 0.496 e. The Hall–Kier alpha value is -7.76. The van der Waals surface area contributed by atoms with Gasteiger partial charge in [-0.25, -0.2) is 0 Å². The zero-order chi connectivity index (χ0) is 59.0. The number of nitrogens with zero attached hydrogens (tertiary/aromatic N) is 2. The summed E-state index contributed by atoms with van der Waals surface area (Å²) in [4.78, 5) is 5.26. The van der Waals surface area contributed by atoms with Gasteiger partial charge in [-0.3, -0.25) is 0 Å². The first-order valence-electron chi connectivity index (χ1n) is 30.4. The summed E-state index contributed by atoms with van der Waals surface area (Å²) >= 11 is 0. The molecule has 7 aromatic rings. The molecular weight excluding hydrogens is 1010 g/mol. The maximum Gasteiger partial charge on any atom is 0.249 e. The first kappa shape index (κ1) is 58.4. The van der Waals surface area contributed by atoms with Crippen LogP contribution in [0.4, 0.5) is 22.7 Å². The topological polar surface area (TPSA) is 27.7 Å². The molecule has 0 aromatic heterocycles. The van der Waals surface area contributed by atoms with E-state index in [-0.39, 0.29) is 34.4 Å². The average Bonchev–Trinajstić information content (AvgIpc) is 1.04. The Bertz CT molecular complexity index is 3690. The van der Waals surface area contributed by atoms with Gasteiger partial charge in [-0.2, -0.15) is 0 Å². The van der Waals surface area contributed by atoms with Gasteiger partial charge in [0.25, 0.3) is 0 Å². The molecule has 0 spiro atoms. The van der Waals surface area contributed by atoms with Gasteiger partial charge in [-0.15, -0.1) is 0 Å². The van der Waals surface area contributed by atoms with Crippen LogP contribution in [0.5, 0.6) is 5.75 Å². The van der Waals surface area contributed by atoms with Gasteiger partial charge in [0.05, 0.1) is 13.2 Å². The van der Waals surface area contributed by atoms with Crippen LogP contribution < -0.4 is 25.3 Å². The van der Waals surface area contributed by atoms with Crippen molar-refractivity contribution in [2.24, 2.45) is 10.8 Å². The average molecular weight is 1090 g/mol.